The first kappa shape index (κ1) is 12.1. The van der Waals surface area contributed by atoms with E-state index in [1.807, 2.05) is 0 Å². The standard InChI is InChI=1S/C12H12N6/c13-6-11(14)10(12-2-4-16-8-18-12)5-9-1-3-15-7-17-9/h1-4,7-8,10-11H,5,14H2. The van der Waals surface area contributed by atoms with Crippen molar-refractivity contribution in [3.8, 4) is 6.07 Å². The van der Waals surface area contributed by atoms with Gasteiger partial charge in [-0.2, -0.15) is 5.26 Å². The van der Waals surface area contributed by atoms with Crippen LogP contribution in [0.25, 0.3) is 0 Å². The maximum atomic E-state index is 8.99. The van der Waals surface area contributed by atoms with E-state index in [1.54, 1.807) is 24.5 Å². The second kappa shape index (κ2) is 5.80. The summed E-state index contributed by atoms with van der Waals surface area (Å²) in [6.07, 6.45) is 6.78. The molecule has 0 aromatic carbocycles. The SMILES string of the molecule is N#CC(N)C(Cc1ccncn1)c1ccncn1. The molecule has 2 heterocycles. The minimum Gasteiger partial charge on any atom is -0.315 e. The number of rotatable bonds is 4. The number of hydrogen-bond acceptors (Lipinski definition) is 6. The summed E-state index contributed by atoms with van der Waals surface area (Å²) in [6, 6.07) is 5.00. The maximum Gasteiger partial charge on any atom is 0.115 e. The third-order valence-corrected chi connectivity index (χ3v) is 2.64. The van der Waals surface area contributed by atoms with Crippen molar-refractivity contribution >= 4 is 0 Å². The highest BCUT2D eigenvalue weighted by Gasteiger charge is 2.21. The fourth-order valence-corrected chi connectivity index (χ4v) is 1.69. The Morgan fingerprint density at radius 1 is 1.17 bits per heavy atom. The van der Waals surface area contributed by atoms with Gasteiger partial charge < -0.3 is 5.73 Å². The van der Waals surface area contributed by atoms with E-state index in [9.17, 15) is 0 Å². The molecule has 2 unspecified atom stereocenters. The molecule has 0 aliphatic rings. The van der Waals surface area contributed by atoms with Crippen LogP contribution in [0.3, 0.4) is 0 Å². The van der Waals surface area contributed by atoms with Crippen LogP contribution in [0.15, 0.2) is 37.2 Å². The van der Waals surface area contributed by atoms with E-state index in [-0.39, 0.29) is 5.92 Å². The Hall–Kier alpha value is -2.39. The highest BCUT2D eigenvalue weighted by molar-refractivity contribution is 5.17. The van der Waals surface area contributed by atoms with Crippen molar-refractivity contribution in [1.82, 2.24) is 19.9 Å². The molecule has 2 rings (SSSR count). The highest BCUT2D eigenvalue weighted by atomic mass is 14.8. The van der Waals surface area contributed by atoms with Gasteiger partial charge in [-0.3, -0.25) is 0 Å². The summed E-state index contributed by atoms with van der Waals surface area (Å²) in [5.74, 6) is -0.201. The summed E-state index contributed by atoms with van der Waals surface area (Å²) in [5.41, 5.74) is 7.41. The Bertz CT molecular complexity index is 521. The molecule has 0 saturated heterocycles. The fourth-order valence-electron chi connectivity index (χ4n) is 1.69. The molecule has 0 spiro atoms. The van der Waals surface area contributed by atoms with E-state index in [0.29, 0.717) is 6.42 Å². The predicted octanol–water partition coefficient (Wildman–Crippen LogP) is 0.444. The van der Waals surface area contributed by atoms with E-state index >= 15 is 0 Å². The van der Waals surface area contributed by atoms with Crippen LogP contribution in [0.5, 0.6) is 0 Å². The zero-order valence-electron chi connectivity index (χ0n) is 9.64. The van der Waals surface area contributed by atoms with Crippen LogP contribution in [0.4, 0.5) is 0 Å². The van der Waals surface area contributed by atoms with Crippen molar-refractivity contribution < 1.29 is 0 Å². The lowest BCUT2D eigenvalue weighted by atomic mass is 9.92. The molecule has 6 heteroatoms. The third-order valence-electron chi connectivity index (χ3n) is 2.64. The molecular formula is C12H12N6. The minimum absolute atomic E-state index is 0.201. The Kier molecular flexibility index (Phi) is 3.89. The van der Waals surface area contributed by atoms with Crippen LogP contribution in [-0.4, -0.2) is 26.0 Å². The summed E-state index contributed by atoms with van der Waals surface area (Å²) in [5, 5.41) is 8.99. The molecule has 0 radical (unpaired) electrons. The van der Waals surface area contributed by atoms with Crippen LogP contribution in [0.2, 0.25) is 0 Å². The average Bonchev–Trinajstić information content (AvgIpc) is 2.46. The lowest BCUT2D eigenvalue weighted by Gasteiger charge is -2.17. The van der Waals surface area contributed by atoms with E-state index in [1.165, 1.54) is 12.7 Å². The number of hydrogen-bond donors (Lipinski definition) is 1. The van der Waals surface area contributed by atoms with Gasteiger partial charge in [0.15, 0.2) is 0 Å². The second-order valence-corrected chi connectivity index (χ2v) is 3.80. The van der Waals surface area contributed by atoms with Crippen molar-refractivity contribution in [3.05, 3.63) is 48.6 Å². The van der Waals surface area contributed by atoms with Gasteiger partial charge in [-0.15, -0.1) is 0 Å². The highest BCUT2D eigenvalue weighted by Crippen LogP contribution is 2.20. The summed E-state index contributed by atoms with van der Waals surface area (Å²) >= 11 is 0. The maximum absolute atomic E-state index is 8.99. The van der Waals surface area contributed by atoms with Gasteiger partial charge in [0.25, 0.3) is 0 Å². The van der Waals surface area contributed by atoms with Crippen LogP contribution >= 0.6 is 0 Å². The molecule has 18 heavy (non-hydrogen) atoms. The van der Waals surface area contributed by atoms with Gasteiger partial charge in [0.05, 0.1) is 6.07 Å². The van der Waals surface area contributed by atoms with E-state index in [0.717, 1.165) is 11.4 Å². The normalized spacial score (nSPS) is 13.6. The molecule has 6 nitrogen and oxygen atoms in total. The fraction of sp³-hybridized carbons (Fsp3) is 0.250. The van der Waals surface area contributed by atoms with E-state index in [4.69, 9.17) is 11.0 Å². The summed E-state index contributed by atoms with van der Waals surface area (Å²) < 4.78 is 0. The zero-order chi connectivity index (χ0) is 12.8. The van der Waals surface area contributed by atoms with Crippen molar-refractivity contribution in [2.24, 2.45) is 5.73 Å². The molecule has 2 N–H and O–H groups in total. The molecule has 0 amide bonds. The lowest BCUT2D eigenvalue weighted by molar-refractivity contribution is 0.589. The molecular weight excluding hydrogens is 228 g/mol. The quantitative estimate of drug-likeness (QED) is 0.832. The van der Waals surface area contributed by atoms with Gasteiger partial charge in [0, 0.05) is 36.1 Å². The predicted molar refractivity (Wildman–Crippen MR) is 64.1 cm³/mol. The number of aromatic nitrogens is 4. The Morgan fingerprint density at radius 3 is 2.44 bits per heavy atom. The Labute approximate surface area is 105 Å². The minimum atomic E-state index is -0.630. The van der Waals surface area contributed by atoms with Gasteiger partial charge >= 0.3 is 0 Å². The first-order chi connectivity index (χ1) is 8.81. The van der Waals surface area contributed by atoms with Gasteiger partial charge in [-0.1, -0.05) is 0 Å². The smallest absolute Gasteiger partial charge is 0.115 e. The van der Waals surface area contributed by atoms with E-state index < -0.39 is 6.04 Å². The Morgan fingerprint density at radius 2 is 1.89 bits per heavy atom. The first-order valence-electron chi connectivity index (χ1n) is 5.47. The van der Waals surface area contributed by atoms with E-state index in [2.05, 4.69) is 26.0 Å². The van der Waals surface area contributed by atoms with Crippen LogP contribution < -0.4 is 5.73 Å². The second-order valence-electron chi connectivity index (χ2n) is 3.80. The topological polar surface area (TPSA) is 101 Å². The van der Waals surface area contributed by atoms with Crippen molar-refractivity contribution in [2.45, 2.75) is 18.4 Å². The van der Waals surface area contributed by atoms with Crippen LogP contribution in [-0.2, 0) is 6.42 Å². The van der Waals surface area contributed by atoms with Crippen LogP contribution in [0.1, 0.15) is 17.3 Å². The van der Waals surface area contributed by atoms with Crippen molar-refractivity contribution in [3.63, 3.8) is 0 Å². The number of nitrogens with zero attached hydrogens (tertiary/aromatic N) is 5. The number of nitrogens with two attached hydrogens (primary N) is 1. The summed E-state index contributed by atoms with van der Waals surface area (Å²) in [4.78, 5) is 16.0. The van der Waals surface area contributed by atoms with Crippen molar-refractivity contribution in [1.29, 1.82) is 5.26 Å². The molecule has 0 aliphatic carbocycles. The molecule has 90 valence electrons. The molecule has 2 aromatic heterocycles. The lowest BCUT2D eigenvalue weighted by Crippen LogP contribution is -2.29. The summed E-state index contributed by atoms with van der Waals surface area (Å²) in [7, 11) is 0. The monoisotopic (exact) mass is 240 g/mol. The molecule has 0 bridgehead atoms. The van der Waals surface area contributed by atoms with Crippen LogP contribution in [0, 0.1) is 11.3 Å². The zero-order valence-corrected chi connectivity index (χ0v) is 9.64. The summed E-state index contributed by atoms with van der Waals surface area (Å²) in [6.45, 7) is 0. The van der Waals surface area contributed by atoms with Gasteiger partial charge in [-0.25, -0.2) is 19.9 Å². The van der Waals surface area contributed by atoms with Gasteiger partial charge in [0.2, 0.25) is 0 Å². The first-order valence-corrected chi connectivity index (χ1v) is 5.47. The molecule has 0 aliphatic heterocycles. The largest absolute Gasteiger partial charge is 0.315 e. The molecule has 0 saturated carbocycles. The molecule has 0 fully saturated rings. The van der Waals surface area contributed by atoms with Crippen molar-refractivity contribution in [2.75, 3.05) is 0 Å². The Balaban J connectivity index is 2.25. The van der Waals surface area contributed by atoms with Gasteiger partial charge in [0.1, 0.15) is 18.7 Å². The average molecular weight is 240 g/mol. The number of nitriles is 1. The molecule has 2 atom stereocenters. The molecule has 2 aromatic rings. The van der Waals surface area contributed by atoms with Gasteiger partial charge in [-0.05, 0) is 12.1 Å². The third kappa shape index (κ3) is 2.84.